The average Bonchev–Trinajstić information content (AvgIpc) is 2.88. The van der Waals surface area contributed by atoms with Gasteiger partial charge in [0.2, 0.25) is 0 Å². The van der Waals surface area contributed by atoms with E-state index in [4.69, 9.17) is 11.6 Å². The summed E-state index contributed by atoms with van der Waals surface area (Å²) in [5.41, 5.74) is -1.37. The molecule has 0 saturated heterocycles. The van der Waals surface area contributed by atoms with E-state index in [0.29, 0.717) is 32.1 Å². The van der Waals surface area contributed by atoms with Crippen molar-refractivity contribution in [1.29, 1.82) is 0 Å². The molecule has 2 N–H and O–H groups in total. The third-order valence-corrected chi connectivity index (χ3v) is 5.74. The Morgan fingerprint density at radius 1 is 1.46 bits per heavy atom. The number of fused-ring (bicyclic) bond motifs is 3. The van der Waals surface area contributed by atoms with E-state index in [0.717, 1.165) is 6.07 Å². The van der Waals surface area contributed by atoms with E-state index in [2.05, 4.69) is 5.32 Å². The van der Waals surface area contributed by atoms with Crippen LogP contribution in [0, 0.1) is 5.41 Å². The van der Waals surface area contributed by atoms with Gasteiger partial charge in [-0.2, -0.15) is 13.2 Å². The van der Waals surface area contributed by atoms with Crippen molar-refractivity contribution in [3.63, 3.8) is 0 Å². The zero-order valence-electron chi connectivity index (χ0n) is 13.2. The fourth-order valence-corrected chi connectivity index (χ4v) is 4.71. The summed E-state index contributed by atoms with van der Waals surface area (Å²) >= 11 is 6.13. The molecule has 1 heterocycles. The van der Waals surface area contributed by atoms with Gasteiger partial charge in [-0.1, -0.05) is 31.4 Å². The Bertz CT molecular complexity index is 673. The molecule has 3 unspecified atom stereocenters. The maximum Gasteiger partial charge on any atom is 0.416 e. The third kappa shape index (κ3) is 2.46. The van der Waals surface area contributed by atoms with Crippen molar-refractivity contribution < 1.29 is 23.1 Å². The maximum absolute atomic E-state index is 13.4. The van der Waals surface area contributed by atoms with Gasteiger partial charge in [0, 0.05) is 12.0 Å². The summed E-state index contributed by atoms with van der Waals surface area (Å²) in [5.74, 6) is -1.42. The first-order valence-corrected chi connectivity index (χ1v) is 8.49. The van der Waals surface area contributed by atoms with Gasteiger partial charge in [0.25, 0.3) is 0 Å². The van der Waals surface area contributed by atoms with Crippen LogP contribution in [-0.4, -0.2) is 17.1 Å². The van der Waals surface area contributed by atoms with Crippen LogP contribution in [0.25, 0.3) is 0 Å². The van der Waals surface area contributed by atoms with Crippen LogP contribution in [0.15, 0.2) is 12.1 Å². The minimum Gasteiger partial charge on any atom is -0.481 e. The van der Waals surface area contributed by atoms with Gasteiger partial charge < -0.3 is 10.4 Å². The van der Waals surface area contributed by atoms with Crippen molar-refractivity contribution in [2.75, 3.05) is 5.32 Å². The average molecular weight is 362 g/mol. The van der Waals surface area contributed by atoms with Crippen molar-refractivity contribution in [1.82, 2.24) is 0 Å². The van der Waals surface area contributed by atoms with Gasteiger partial charge in [0.05, 0.1) is 21.7 Å². The van der Waals surface area contributed by atoms with E-state index >= 15 is 0 Å². The first-order chi connectivity index (χ1) is 11.2. The molecular weight excluding hydrogens is 343 g/mol. The number of halogens is 4. The minimum absolute atomic E-state index is 0.140. The molecule has 0 aromatic heterocycles. The van der Waals surface area contributed by atoms with Crippen molar-refractivity contribution >= 4 is 23.3 Å². The number of benzene rings is 1. The van der Waals surface area contributed by atoms with Gasteiger partial charge in [0.15, 0.2) is 0 Å². The molecule has 3 atom stereocenters. The summed E-state index contributed by atoms with van der Waals surface area (Å²) in [6, 6.07) is 1.68. The molecule has 1 aliphatic carbocycles. The van der Waals surface area contributed by atoms with E-state index in [1.807, 2.05) is 6.92 Å². The Morgan fingerprint density at radius 2 is 2.17 bits per heavy atom. The summed E-state index contributed by atoms with van der Waals surface area (Å²) in [6.07, 6.45) is -1.79. The molecule has 132 valence electrons. The number of rotatable bonds is 3. The van der Waals surface area contributed by atoms with Crippen LogP contribution in [0.3, 0.4) is 0 Å². The molecule has 2 aliphatic rings. The Balaban J connectivity index is 2.15. The predicted molar refractivity (Wildman–Crippen MR) is 85.4 cm³/mol. The van der Waals surface area contributed by atoms with Crippen molar-refractivity contribution in [3.05, 3.63) is 28.3 Å². The van der Waals surface area contributed by atoms with E-state index in [1.165, 1.54) is 6.07 Å². The summed E-state index contributed by atoms with van der Waals surface area (Å²) in [6.45, 7) is 1.89. The van der Waals surface area contributed by atoms with Gasteiger partial charge in [-0.25, -0.2) is 0 Å². The number of hydrogen-bond donors (Lipinski definition) is 2. The van der Waals surface area contributed by atoms with Crippen LogP contribution < -0.4 is 5.32 Å². The van der Waals surface area contributed by atoms with Gasteiger partial charge in [-0.15, -0.1) is 0 Å². The van der Waals surface area contributed by atoms with Crippen LogP contribution >= 0.6 is 11.6 Å². The van der Waals surface area contributed by atoms with Crippen molar-refractivity contribution in [3.8, 4) is 0 Å². The SMILES string of the molecule is CCCC1(C(=O)O)CCCC2c3c(C(F)(F)F)ccc(Cl)c3NC21. The molecule has 1 fully saturated rings. The van der Waals surface area contributed by atoms with Gasteiger partial charge in [-0.3, -0.25) is 4.79 Å². The second kappa shape index (κ2) is 5.83. The Labute approximate surface area is 143 Å². The number of carboxylic acid groups (broad SMARTS) is 1. The lowest BCUT2D eigenvalue weighted by atomic mass is 9.63. The zero-order valence-corrected chi connectivity index (χ0v) is 14.0. The molecule has 1 aliphatic heterocycles. The molecule has 7 heteroatoms. The number of alkyl halides is 3. The van der Waals surface area contributed by atoms with E-state index in [-0.39, 0.29) is 16.3 Å². The second-order valence-corrected chi connectivity index (χ2v) is 7.12. The molecule has 0 radical (unpaired) electrons. The molecule has 3 rings (SSSR count). The number of nitrogens with one attached hydrogen (secondary N) is 1. The number of hydrogen-bond acceptors (Lipinski definition) is 2. The smallest absolute Gasteiger partial charge is 0.416 e. The Kier molecular flexibility index (Phi) is 4.22. The second-order valence-electron chi connectivity index (χ2n) is 6.71. The Morgan fingerprint density at radius 3 is 2.75 bits per heavy atom. The maximum atomic E-state index is 13.4. The quantitative estimate of drug-likeness (QED) is 0.768. The lowest BCUT2D eigenvalue weighted by molar-refractivity contribution is -0.152. The van der Waals surface area contributed by atoms with Crippen LogP contribution in [0.2, 0.25) is 5.02 Å². The fourth-order valence-electron chi connectivity index (χ4n) is 4.50. The van der Waals surface area contributed by atoms with Gasteiger partial charge >= 0.3 is 12.1 Å². The topological polar surface area (TPSA) is 49.3 Å². The normalized spacial score (nSPS) is 28.9. The number of aliphatic carboxylic acids is 1. The third-order valence-electron chi connectivity index (χ3n) is 5.43. The largest absolute Gasteiger partial charge is 0.481 e. The summed E-state index contributed by atoms with van der Waals surface area (Å²) < 4.78 is 40.3. The molecule has 0 spiro atoms. The standard InChI is InChI=1S/C17H19ClF3NO2/c1-2-7-16(15(23)24)8-3-4-9-12-10(17(19,20)21)5-6-11(18)13(12)22-14(9)16/h5-6,9,14,22H,2-4,7-8H2,1H3,(H,23,24). The van der Waals surface area contributed by atoms with E-state index in [1.54, 1.807) is 0 Å². The predicted octanol–water partition coefficient (Wildman–Crippen LogP) is 5.29. The summed E-state index contributed by atoms with van der Waals surface area (Å²) in [4.78, 5) is 12.0. The summed E-state index contributed by atoms with van der Waals surface area (Å²) in [5, 5.41) is 13.1. The highest BCUT2D eigenvalue weighted by Gasteiger charge is 2.55. The Hall–Kier alpha value is -1.43. The van der Waals surface area contributed by atoms with E-state index < -0.39 is 35.1 Å². The lowest BCUT2D eigenvalue weighted by Crippen LogP contribution is -2.50. The molecule has 3 nitrogen and oxygen atoms in total. The number of carboxylic acids is 1. The fraction of sp³-hybridized carbons (Fsp3) is 0.588. The highest BCUT2D eigenvalue weighted by molar-refractivity contribution is 6.33. The highest BCUT2D eigenvalue weighted by atomic mass is 35.5. The molecule has 24 heavy (non-hydrogen) atoms. The summed E-state index contributed by atoms with van der Waals surface area (Å²) in [7, 11) is 0. The van der Waals surface area contributed by atoms with Gasteiger partial charge in [-0.05, 0) is 37.0 Å². The molecule has 1 saturated carbocycles. The van der Waals surface area contributed by atoms with Crippen molar-refractivity contribution in [2.24, 2.45) is 5.41 Å². The zero-order chi connectivity index (χ0) is 17.7. The molecule has 1 aromatic rings. The van der Waals surface area contributed by atoms with Crippen LogP contribution in [0.1, 0.15) is 56.1 Å². The number of anilines is 1. The lowest BCUT2D eigenvalue weighted by Gasteiger charge is -2.42. The monoisotopic (exact) mass is 361 g/mol. The minimum atomic E-state index is -4.49. The van der Waals surface area contributed by atoms with E-state index in [9.17, 15) is 23.1 Å². The molecule has 0 amide bonds. The molecule has 0 bridgehead atoms. The van der Waals surface area contributed by atoms with Gasteiger partial charge in [0.1, 0.15) is 0 Å². The van der Waals surface area contributed by atoms with Crippen LogP contribution in [-0.2, 0) is 11.0 Å². The highest BCUT2D eigenvalue weighted by Crippen LogP contribution is 2.57. The van der Waals surface area contributed by atoms with Crippen LogP contribution in [0.4, 0.5) is 18.9 Å². The molecular formula is C17H19ClF3NO2. The number of carbonyl (C=O) groups is 1. The molecule has 1 aromatic carbocycles. The van der Waals surface area contributed by atoms with Crippen molar-refractivity contribution in [2.45, 2.75) is 57.2 Å². The van der Waals surface area contributed by atoms with Crippen LogP contribution in [0.5, 0.6) is 0 Å². The first-order valence-electron chi connectivity index (χ1n) is 8.12. The first kappa shape index (κ1) is 17.4.